The molecule has 0 saturated carbocycles. The van der Waals surface area contributed by atoms with Crippen molar-refractivity contribution >= 4 is 27.8 Å². The van der Waals surface area contributed by atoms with Gasteiger partial charge in [0.1, 0.15) is 5.75 Å². The summed E-state index contributed by atoms with van der Waals surface area (Å²) in [4.78, 5) is 22.6. The fraction of sp³-hybridized carbons (Fsp3) is 0.385. The SMILES string of the molecule is COc1ccc(Br)cc1C(=O)NCCC(C)C(=O)O. The monoisotopic (exact) mass is 329 g/mol. The van der Waals surface area contributed by atoms with Gasteiger partial charge in [0.25, 0.3) is 5.91 Å². The lowest BCUT2D eigenvalue weighted by Gasteiger charge is -2.11. The molecule has 0 aliphatic heterocycles. The normalized spacial score (nSPS) is 11.7. The molecule has 1 rings (SSSR count). The van der Waals surface area contributed by atoms with E-state index in [-0.39, 0.29) is 5.91 Å². The summed E-state index contributed by atoms with van der Waals surface area (Å²) in [6.45, 7) is 1.91. The number of benzene rings is 1. The molecule has 19 heavy (non-hydrogen) atoms. The van der Waals surface area contributed by atoms with E-state index in [0.717, 1.165) is 4.47 Å². The van der Waals surface area contributed by atoms with Crippen molar-refractivity contribution in [1.82, 2.24) is 5.32 Å². The lowest BCUT2D eigenvalue weighted by molar-refractivity contribution is -0.141. The number of nitrogens with one attached hydrogen (secondary N) is 1. The number of ether oxygens (including phenoxy) is 1. The number of carboxylic acids is 1. The number of hydrogen-bond donors (Lipinski definition) is 2. The Labute approximate surface area is 120 Å². The predicted octanol–water partition coefficient (Wildman–Crippen LogP) is 2.30. The molecule has 0 heterocycles. The molecule has 5 nitrogen and oxygen atoms in total. The van der Waals surface area contributed by atoms with Gasteiger partial charge in [0.2, 0.25) is 0 Å². The van der Waals surface area contributed by atoms with Gasteiger partial charge >= 0.3 is 5.97 Å². The lowest BCUT2D eigenvalue weighted by Crippen LogP contribution is -2.27. The Kier molecular flexibility index (Phi) is 5.82. The van der Waals surface area contributed by atoms with Gasteiger partial charge in [0.05, 0.1) is 18.6 Å². The maximum atomic E-state index is 12.0. The van der Waals surface area contributed by atoms with E-state index in [0.29, 0.717) is 24.3 Å². The summed E-state index contributed by atoms with van der Waals surface area (Å²) in [6, 6.07) is 5.13. The molecule has 2 N–H and O–H groups in total. The molecular weight excluding hydrogens is 314 g/mol. The van der Waals surface area contributed by atoms with Crippen LogP contribution in [0.4, 0.5) is 0 Å². The molecule has 1 aromatic carbocycles. The van der Waals surface area contributed by atoms with Crippen molar-refractivity contribution < 1.29 is 19.4 Å². The Hall–Kier alpha value is -1.56. The van der Waals surface area contributed by atoms with Gasteiger partial charge in [0.15, 0.2) is 0 Å². The van der Waals surface area contributed by atoms with E-state index < -0.39 is 11.9 Å². The van der Waals surface area contributed by atoms with Crippen molar-refractivity contribution in [1.29, 1.82) is 0 Å². The third-order valence-corrected chi connectivity index (χ3v) is 3.18. The molecule has 0 aliphatic rings. The predicted molar refractivity (Wildman–Crippen MR) is 74.4 cm³/mol. The number of carbonyl (C=O) groups excluding carboxylic acids is 1. The first kappa shape index (κ1) is 15.5. The number of rotatable bonds is 6. The number of amides is 1. The molecule has 0 aromatic heterocycles. The van der Waals surface area contributed by atoms with E-state index in [9.17, 15) is 9.59 Å². The van der Waals surface area contributed by atoms with Crippen LogP contribution in [0.5, 0.6) is 5.75 Å². The van der Waals surface area contributed by atoms with Crippen LogP contribution in [0.25, 0.3) is 0 Å². The smallest absolute Gasteiger partial charge is 0.306 e. The molecule has 1 aromatic rings. The van der Waals surface area contributed by atoms with Crippen LogP contribution < -0.4 is 10.1 Å². The van der Waals surface area contributed by atoms with Crippen LogP contribution >= 0.6 is 15.9 Å². The molecule has 0 spiro atoms. The van der Waals surface area contributed by atoms with Crippen molar-refractivity contribution in [2.75, 3.05) is 13.7 Å². The van der Waals surface area contributed by atoms with Crippen LogP contribution in [0.2, 0.25) is 0 Å². The van der Waals surface area contributed by atoms with Gasteiger partial charge in [-0.05, 0) is 24.6 Å². The Bertz CT molecular complexity index is 476. The van der Waals surface area contributed by atoms with Gasteiger partial charge < -0.3 is 15.2 Å². The minimum Gasteiger partial charge on any atom is -0.496 e. The minimum absolute atomic E-state index is 0.282. The average Bonchev–Trinajstić information content (AvgIpc) is 2.38. The molecule has 0 radical (unpaired) electrons. The summed E-state index contributed by atoms with van der Waals surface area (Å²) in [5.41, 5.74) is 0.417. The molecule has 1 amide bonds. The number of aliphatic carboxylic acids is 1. The Morgan fingerprint density at radius 3 is 2.74 bits per heavy atom. The highest BCUT2D eigenvalue weighted by Gasteiger charge is 2.14. The van der Waals surface area contributed by atoms with E-state index in [1.807, 2.05) is 0 Å². The van der Waals surface area contributed by atoms with Crippen molar-refractivity contribution in [3.8, 4) is 5.75 Å². The zero-order chi connectivity index (χ0) is 14.4. The summed E-state index contributed by atoms with van der Waals surface area (Å²) in [7, 11) is 1.49. The quantitative estimate of drug-likeness (QED) is 0.839. The molecule has 0 fully saturated rings. The highest BCUT2D eigenvalue weighted by Crippen LogP contribution is 2.22. The average molecular weight is 330 g/mol. The second-order valence-electron chi connectivity index (χ2n) is 4.13. The van der Waals surface area contributed by atoms with Crippen molar-refractivity contribution in [3.63, 3.8) is 0 Å². The Morgan fingerprint density at radius 1 is 1.47 bits per heavy atom. The molecule has 0 saturated heterocycles. The zero-order valence-corrected chi connectivity index (χ0v) is 12.4. The number of hydrogen-bond acceptors (Lipinski definition) is 3. The third kappa shape index (κ3) is 4.55. The number of carbonyl (C=O) groups is 2. The van der Waals surface area contributed by atoms with Gasteiger partial charge in [-0.1, -0.05) is 22.9 Å². The molecule has 0 bridgehead atoms. The third-order valence-electron chi connectivity index (χ3n) is 2.69. The summed E-state index contributed by atoms with van der Waals surface area (Å²) < 4.78 is 5.89. The van der Waals surface area contributed by atoms with Gasteiger partial charge in [-0.15, -0.1) is 0 Å². The minimum atomic E-state index is -0.866. The summed E-state index contributed by atoms with van der Waals surface area (Å²) in [5.74, 6) is -1.15. The zero-order valence-electron chi connectivity index (χ0n) is 10.8. The maximum Gasteiger partial charge on any atom is 0.306 e. The number of halogens is 1. The van der Waals surface area contributed by atoms with E-state index in [4.69, 9.17) is 9.84 Å². The van der Waals surface area contributed by atoms with E-state index >= 15 is 0 Å². The van der Waals surface area contributed by atoms with Crippen LogP contribution in [0, 0.1) is 5.92 Å². The summed E-state index contributed by atoms with van der Waals surface area (Å²) >= 11 is 3.29. The fourth-order valence-electron chi connectivity index (χ4n) is 1.48. The molecule has 104 valence electrons. The molecule has 0 aliphatic carbocycles. The second kappa shape index (κ2) is 7.13. The highest BCUT2D eigenvalue weighted by molar-refractivity contribution is 9.10. The van der Waals surface area contributed by atoms with Crippen molar-refractivity contribution in [3.05, 3.63) is 28.2 Å². The lowest BCUT2D eigenvalue weighted by atomic mass is 10.1. The van der Waals surface area contributed by atoms with E-state index in [1.54, 1.807) is 25.1 Å². The van der Waals surface area contributed by atoms with Crippen LogP contribution in [-0.2, 0) is 4.79 Å². The topological polar surface area (TPSA) is 75.6 Å². The summed E-state index contributed by atoms with van der Waals surface area (Å²) in [6.07, 6.45) is 0.386. The number of carboxylic acid groups (broad SMARTS) is 1. The first-order valence-electron chi connectivity index (χ1n) is 5.80. The fourth-order valence-corrected chi connectivity index (χ4v) is 1.84. The van der Waals surface area contributed by atoms with Crippen LogP contribution in [0.15, 0.2) is 22.7 Å². The van der Waals surface area contributed by atoms with Gasteiger partial charge in [-0.2, -0.15) is 0 Å². The Morgan fingerprint density at radius 2 is 2.16 bits per heavy atom. The first-order valence-corrected chi connectivity index (χ1v) is 6.59. The standard InChI is InChI=1S/C13H16BrNO4/c1-8(13(17)18)5-6-15-12(16)10-7-9(14)3-4-11(10)19-2/h3-4,7-8H,5-6H2,1-2H3,(H,15,16)(H,17,18). The van der Waals surface area contributed by atoms with Crippen LogP contribution in [-0.4, -0.2) is 30.6 Å². The van der Waals surface area contributed by atoms with Crippen LogP contribution in [0.1, 0.15) is 23.7 Å². The molecule has 6 heteroatoms. The largest absolute Gasteiger partial charge is 0.496 e. The van der Waals surface area contributed by atoms with Gasteiger partial charge in [-0.3, -0.25) is 9.59 Å². The van der Waals surface area contributed by atoms with Gasteiger partial charge in [-0.25, -0.2) is 0 Å². The molecule has 1 unspecified atom stereocenters. The maximum absolute atomic E-state index is 12.0. The number of methoxy groups -OCH3 is 1. The van der Waals surface area contributed by atoms with Crippen molar-refractivity contribution in [2.24, 2.45) is 5.92 Å². The molecule has 1 atom stereocenters. The summed E-state index contributed by atoms with van der Waals surface area (Å²) in [5, 5.41) is 11.4. The van der Waals surface area contributed by atoms with Crippen molar-refractivity contribution in [2.45, 2.75) is 13.3 Å². The van der Waals surface area contributed by atoms with E-state index in [2.05, 4.69) is 21.2 Å². The van der Waals surface area contributed by atoms with Crippen LogP contribution in [0.3, 0.4) is 0 Å². The van der Waals surface area contributed by atoms with Gasteiger partial charge in [0, 0.05) is 11.0 Å². The molecular formula is C13H16BrNO4. The highest BCUT2D eigenvalue weighted by atomic mass is 79.9. The second-order valence-corrected chi connectivity index (χ2v) is 5.04. The first-order chi connectivity index (χ1) is 8.95. The Balaban J connectivity index is 2.63. The van der Waals surface area contributed by atoms with E-state index in [1.165, 1.54) is 7.11 Å².